The van der Waals surface area contributed by atoms with Crippen LogP contribution in [0.4, 0.5) is 5.69 Å². The van der Waals surface area contributed by atoms with Gasteiger partial charge in [-0.15, -0.1) is 0 Å². The summed E-state index contributed by atoms with van der Waals surface area (Å²) in [6.07, 6.45) is 2.30. The van der Waals surface area contributed by atoms with Crippen molar-refractivity contribution in [1.82, 2.24) is 15.3 Å². The number of hydrogen-bond donors (Lipinski definition) is 1. The zero-order chi connectivity index (χ0) is 20.0. The lowest BCUT2D eigenvalue weighted by molar-refractivity contribution is -0.120. The second-order valence-corrected chi connectivity index (χ2v) is 7.36. The average molecular weight is 396 g/mol. The summed E-state index contributed by atoms with van der Waals surface area (Å²) in [7, 11) is 1.65. The monoisotopic (exact) mass is 396 g/mol. The Labute approximate surface area is 167 Å². The van der Waals surface area contributed by atoms with E-state index in [2.05, 4.69) is 15.3 Å². The molecule has 2 aromatic rings. The maximum atomic E-state index is 12.8. The van der Waals surface area contributed by atoms with Crippen LogP contribution in [0.15, 0.2) is 30.5 Å². The molecule has 0 unspecified atom stereocenters. The summed E-state index contributed by atoms with van der Waals surface area (Å²) in [5.41, 5.74) is 1.61. The Bertz CT molecular complexity index is 989. The molecule has 1 fully saturated rings. The predicted octanol–water partition coefficient (Wildman–Crippen LogP) is 0.776. The lowest BCUT2D eigenvalue weighted by Crippen LogP contribution is -2.49. The zero-order valence-corrected chi connectivity index (χ0v) is 15.9. The van der Waals surface area contributed by atoms with Crippen LogP contribution in [0.5, 0.6) is 5.75 Å². The van der Waals surface area contributed by atoms with Crippen molar-refractivity contribution < 1.29 is 23.8 Å². The lowest BCUT2D eigenvalue weighted by atomic mass is 9.98. The molecule has 1 N–H and O–H groups in total. The third kappa shape index (κ3) is 2.93. The average Bonchev–Trinajstić information content (AvgIpc) is 3.35. The number of likely N-dealkylation sites (N-methyl/N-ethyl adjacent to an activating group) is 1. The van der Waals surface area contributed by atoms with Gasteiger partial charge in [0, 0.05) is 31.8 Å². The number of fused-ring (bicyclic) bond motifs is 3. The number of anilines is 1. The number of ether oxygens (including phenoxy) is 3. The normalized spacial score (nSPS) is 25.3. The first-order valence-electron chi connectivity index (χ1n) is 9.46. The van der Waals surface area contributed by atoms with E-state index in [1.54, 1.807) is 25.4 Å². The molecular formula is C20H20N4O5. The molecule has 9 heteroatoms. The van der Waals surface area contributed by atoms with Crippen LogP contribution in [0, 0.1) is 0 Å². The summed E-state index contributed by atoms with van der Waals surface area (Å²) in [5.74, 6) is -0.213. The van der Waals surface area contributed by atoms with Crippen LogP contribution in [0.2, 0.25) is 0 Å². The smallest absolute Gasteiger partial charge is 0.289 e. The number of nitrogens with one attached hydrogen (secondary N) is 1. The zero-order valence-electron chi connectivity index (χ0n) is 15.9. The molecule has 150 valence electrons. The van der Waals surface area contributed by atoms with Crippen LogP contribution in [0.25, 0.3) is 0 Å². The highest BCUT2D eigenvalue weighted by atomic mass is 16.6. The van der Waals surface area contributed by atoms with Crippen molar-refractivity contribution in [2.75, 3.05) is 31.8 Å². The number of rotatable bonds is 2. The van der Waals surface area contributed by atoms with Gasteiger partial charge in [-0.3, -0.25) is 9.59 Å². The standard InChI is InChI=1S/C20H20N4O5/c1-24-14-4-2-3-5-15(14)28-10-13(19(24)26)22-18(25)17-21-8-12-9-29-20(16(12)23-17)6-7-27-11-20/h2-5,8,13H,6-7,9-11H2,1H3,(H,22,25)/t13-,20+/m0/s1. The number of aromatic nitrogens is 2. The molecule has 0 saturated carbocycles. The fourth-order valence-electron chi connectivity index (χ4n) is 3.93. The summed E-state index contributed by atoms with van der Waals surface area (Å²) < 4.78 is 17.1. The predicted molar refractivity (Wildman–Crippen MR) is 101 cm³/mol. The maximum absolute atomic E-state index is 12.8. The molecule has 0 radical (unpaired) electrons. The van der Waals surface area contributed by atoms with Gasteiger partial charge in [0.05, 0.1) is 24.6 Å². The molecule has 1 spiro atoms. The minimum atomic E-state index is -0.850. The van der Waals surface area contributed by atoms with Gasteiger partial charge in [-0.25, -0.2) is 9.97 Å². The van der Waals surface area contributed by atoms with Gasteiger partial charge in [0.25, 0.3) is 11.8 Å². The second kappa shape index (κ2) is 6.78. The van der Waals surface area contributed by atoms with Gasteiger partial charge in [-0.05, 0) is 12.1 Å². The van der Waals surface area contributed by atoms with Gasteiger partial charge in [0.2, 0.25) is 5.82 Å². The Balaban J connectivity index is 1.37. The van der Waals surface area contributed by atoms with E-state index < -0.39 is 17.6 Å². The number of carbonyl (C=O) groups is 2. The molecular weight excluding hydrogens is 376 g/mol. The molecule has 1 aromatic carbocycles. The highest BCUT2D eigenvalue weighted by Gasteiger charge is 2.45. The summed E-state index contributed by atoms with van der Waals surface area (Å²) in [6.45, 7) is 1.43. The highest BCUT2D eigenvalue weighted by molar-refractivity contribution is 6.02. The van der Waals surface area contributed by atoms with E-state index in [0.29, 0.717) is 43.4 Å². The van der Waals surface area contributed by atoms with Crippen LogP contribution >= 0.6 is 0 Å². The maximum Gasteiger partial charge on any atom is 0.289 e. The van der Waals surface area contributed by atoms with Crippen LogP contribution in [-0.2, 0) is 26.5 Å². The Morgan fingerprint density at radius 3 is 3.03 bits per heavy atom. The third-order valence-corrected chi connectivity index (χ3v) is 5.55. The van der Waals surface area contributed by atoms with Gasteiger partial charge in [-0.2, -0.15) is 0 Å². The number of benzene rings is 1. The minimum absolute atomic E-state index is 0.00209. The largest absolute Gasteiger partial charge is 0.489 e. The third-order valence-electron chi connectivity index (χ3n) is 5.55. The van der Waals surface area contributed by atoms with Crippen molar-refractivity contribution in [1.29, 1.82) is 0 Å². The molecule has 2 amide bonds. The van der Waals surface area contributed by atoms with Crippen molar-refractivity contribution >= 4 is 17.5 Å². The molecule has 5 rings (SSSR count). The first kappa shape index (κ1) is 18.0. The summed E-state index contributed by atoms with van der Waals surface area (Å²) in [6, 6.07) is 6.39. The Kier molecular flexibility index (Phi) is 4.21. The van der Waals surface area contributed by atoms with Crippen molar-refractivity contribution in [3.63, 3.8) is 0 Å². The number of amides is 2. The molecule has 29 heavy (non-hydrogen) atoms. The minimum Gasteiger partial charge on any atom is -0.489 e. The molecule has 1 aromatic heterocycles. The van der Waals surface area contributed by atoms with Gasteiger partial charge in [0.1, 0.15) is 24.0 Å². The summed E-state index contributed by atoms with van der Waals surface area (Å²) in [4.78, 5) is 35.8. The molecule has 9 nitrogen and oxygen atoms in total. The molecule has 4 heterocycles. The SMILES string of the molecule is CN1C(=O)[C@@H](NC(=O)c2ncc3c(n2)[C@]2(CCOC2)OC3)COc2ccccc21. The summed E-state index contributed by atoms with van der Waals surface area (Å²) >= 11 is 0. The van der Waals surface area contributed by atoms with Crippen LogP contribution < -0.4 is 15.0 Å². The van der Waals surface area contributed by atoms with Gasteiger partial charge < -0.3 is 24.4 Å². The molecule has 2 atom stereocenters. The van der Waals surface area contributed by atoms with E-state index in [1.165, 1.54) is 4.90 Å². The number of carbonyl (C=O) groups excluding carboxylic acids is 2. The van der Waals surface area contributed by atoms with Crippen molar-refractivity contribution in [3.05, 3.63) is 47.5 Å². The van der Waals surface area contributed by atoms with E-state index in [1.807, 2.05) is 12.1 Å². The van der Waals surface area contributed by atoms with Crippen molar-refractivity contribution in [3.8, 4) is 5.75 Å². The van der Waals surface area contributed by atoms with Crippen LogP contribution in [0.3, 0.4) is 0 Å². The Morgan fingerprint density at radius 2 is 2.21 bits per heavy atom. The molecule has 0 bridgehead atoms. The second-order valence-electron chi connectivity index (χ2n) is 7.36. The fourth-order valence-corrected chi connectivity index (χ4v) is 3.93. The Morgan fingerprint density at radius 1 is 1.34 bits per heavy atom. The Hall–Kier alpha value is -3.04. The highest BCUT2D eigenvalue weighted by Crippen LogP contribution is 2.41. The molecule has 3 aliphatic heterocycles. The van der Waals surface area contributed by atoms with E-state index in [4.69, 9.17) is 14.2 Å². The van der Waals surface area contributed by atoms with E-state index in [9.17, 15) is 9.59 Å². The topological polar surface area (TPSA) is 103 Å². The van der Waals surface area contributed by atoms with Crippen LogP contribution in [-0.4, -0.2) is 54.7 Å². The van der Waals surface area contributed by atoms with Gasteiger partial charge in [0.15, 0.2) is 0 Å². The quantitative estimate of drug-likeness (QED) is 0.800. The fraction of sp³-hybridized carbons (Fsp3) is 0.400. The number of para-hydroxylation sites is 2. The summed E-state index contributed by atoms with van der Waals surface area (Å²) in [5, 5.41) is 2.71. The molecule has 1 saturated heterocycles. The first-order valence-corrected chi connectivity index (χ1v) is 9.46. The van der Waals surface area contributed by atoms with E-state index >= 15 is 0 Å². The molecule has 3 aliphatic rings. The van der Waals surface area contributed by atoms with E-state index in [-0.39, 0.29) is 18.3 Å². The lowest BCUT2D eigenvalue weighted by Gasteiger charge is -2.21. The van der Waals surface area contributed by atoms with Crippen LogP contribution in [0.1, 0.15) is 28.3 Å². The van der Waals surface area contributed by atoms with Gasteiger partial charge in [-0.1, -0.05) is 12.1 Å². The van der Waals surface area contributed by atoms with E-state index in [0.717, 1.165) is 5.56 Å². The first-order chi connectivity index (χ1) is 14.1. The molecule has 0 aliphatic carbocycles. The van der Waals surface area contributed by atoms with Crippen molar-refractivity contribution in [2.45, 2.75) is 24.7 Å². The van der Waals surface area contributed by atoms with Gasteiger partial charge >= 0.3 is 0 Å². The number of nitrogens with zero attached hydrogens (tertiary/aromatic N) is 3. The van der Waals surface area contributed by atoms with Crippen molar-refractivity contribution in [2.24, 2.45) is 0 Å². The number of hydrogen-bond acceptors (Lipinski definition) is 7.